The Morgan fingerprint density at radius 3 is 2.27 bits per heavy atom. The lowest BCUT2D eigenvalue weighted by Crippen LogP contribution is -2.13. The number of halogens is 1. The number of carbonyl (C=O) groups is 1. The van der Waals surface area contributed by atoms with E-state index in [1.807, 2.05) is 30.3 Å². The van der Waals surface area contributed by atoms with E-state index in [0.717, 1.165) is 22.7 Å². The van der Waals surface area contributed by atoms with Crippen molar-refractivity contribution in [3.63, 3.8) is 0 Å². The predicted molar refractivity (Wildman–Crippen MR) is 108 cm³/mol. The molecule has 0 saturated carbocycles. The molecule has 2 aromatic rings. The molecule has 0 bridgehead atoms. The lowest BCUT2D eigenvalue weighted by atomic mass is 9.86. The van der Waals surface area contributed by atoms with Gasteiger partial charge < -0.3 is 0 Å². The molecule has 0 spiro atoms. The molecule has 0 fully saturated rings. The molecule has 1 N–H and O–H groups in total. The van der Waals surface area contributed by atoms with Gasteiger partial charge in [0.15, 0.2) is 0 Å². The number of nitrogens with zero attached hydrogens (tertiary/aromatic N) is 1. The molecule has 0 aliphatic carbocycles. The summed E-state index contributed by atoms with van der Waals surface area (Å²) < 4.78 is 0. The Bertz CT molecular complexity index is 857. The molecule has 134 valence electrons. The summed E-state index contributed by atoms with van der Waals surface area (Å²) in [5, 5.41) is 4.93. The van der Waals surface area contributed by atoms with Gasteiger partial charge in [0.05, 0.1) is 11.3 Å². The van der Waals surface area contributed by atoms with Crippen molar-refractivity contribution in [2.75, 3.05) is 0 Å². The van der Waals surface area contributed by atoms with Crippen LogP contribution in [-0.4, -0.2) is 11.6 Å². The van der Waals surface area contributed by atoms with Crippen molar-refractivity contribution in [3.8, 4) is 0 Å². The Balaban J connectivity index is 1.74. The molecular formula is C22H23ClN2O. The first-order valence-corrected chi connectivity index (χ1v) is 9.15. The van der Waals surface area contributed by atoms with Gasteiger partial charge >= 0.3 is 0 Å². The van der Waals surface area contributed by atoms with Crippen LogP contribution in [0, 0.1) is 0 Å². The number of hydrazone groups is 1. The van der Waals surface area contributed by atoms with Crippen molar-refractivity contribution >= 4 is 29.3 Å². The Hall–Kier alpha value is -2.39. The van der Waals surface area contributed by atoms with Crippen LogP contribution in [0.25, 0.3) is 6.08 Å². The van der Waals surface area contributed by atoms with Gasteiger partial charge in [0, 0.05) is 5.02 Å². The van der Waals surface area contributed by atoms with Gasteiger partial charge in [-0.2, -0.15) is 5.10 Å². The Kier molecular flexibility index (Phi) is 5.28. The summed E-state index contributed by atoms with van der Waals surface area (Å²) in [6.07, 6.45) is 3.42. The molecule has 0 unspecified atom stereocenters. The summed E-state index contributed by atoms with van der Waals surface area (Å²) in [5.41, 5.74) is 7.58. The third-order valence-corrected chi connectivity index (χ3v) is 4.75. The summed E-state index contributed by atoms with van der Waals surface area (Å²) in [6, 6.07) is 16.1. The summed E-state index contributed by atoms with van der Waals surface area (Å²) in [6.45, 7) is 6.56. The molecule has 0 radical (unpaired) electrons. The fourth-order valence-corrected chi connectivity index (χ4v) is 2.99. The van der Waals surface area contributed by atoms with Crippen LogP contribution in [0.2, 0.25) is 5.02 Å². The Morgan fingerprint density at radius 1 is 1.00 bits per heavy atom. The summed E-state index contributed by atoms with van der Waals surface area (Å²) in [7, 11) is 0. The first-order valence-electron chi connectivity index (χ1n) is 8.77. The van der Waals surface area contributed by atoms with Crippen molar-refractivity contribution in [2.24, 2.45) is 5.10 Å². The monoisotopic (exact) mass is 366 g/mol. The maximum Gasteiger partial charge on any atom is 0.273 e. The zero-order valence-corrected chi connectivity index (χ0v) is 16.1. The highest BCUT2D eigenvalue weighted by Crippen LogP contribution is 2.23. The molecule has 1 aliphatic rings. The topological polar surface area (TPSA) is 41.5 Å². The van der Waals surface area contributed by atoms with Crippen molar-refractivity contribution < 1.29 is 4.79 Å². The van der Waals surface area contributed by atoms with E-state index in [1.54, 1.807) is 0 Å². The molecule has 3 rings (SSSR count). The molecule has 1 aliphatic heterocycles. The second-order valence-electron chi connectivity index (χ2n) is 7.56. The Labute approximate surface area is 159 Å². The van der Waals surface area contributed by atoms with E-state index >= 15 is 0 Å². The van der Waals surface area contributed by atoms with Gasteiger partial charge in [-0.25, -0.2) is 5.43 Å². The van der Waals surface area contributed by atoms with Crippen molar-refractivity contribution in [1.82, 2.24) is 5.43 Å². The molecule has 3 nitrogen and oxygen atoms in total. The van der Waals surface area contributed by atoms with E-state index in [9.17, 15) is 4.79 Å². The van der Waals surface area contributed by atoms with E-state index in [2.05, 4.69) is 55.6 Å². The number of hydrogen-bond donors (Lipinski definition) is 1. The third-order valence-electron chi connectivity index (χ3n) is 4.50. The predicted octanol–water partition coefficient (Wildman–Crippen LogP) is 5.14. The third kappa shape index (κ3) is 4.41. The van der Waals surface area contributed by atoms with E-state index < -0.39 is 0 Å². The summed E-state index contributed by atoms with van der Waals surface area (Å²) >= 11 is 5.92. The number of benzene rings is 2. The quantitative estimate of drug-likeness (QED) is 0.748. The largest absolute Gasteiger partial charge is 0.273 e. The van der Waals surface area contributed by atoms with Gasteiger partial charge in [0.2, 0.25) is 0 Å². The van der Waals surface area contributed by atoms with E-state index in [1.165, 1.54) is 11.1 Å². The van der Waals surface area contributed by atoms with Gasteiger partial charge in [0.1, 0.15) is 0 Å². The van der Waals surface area contributed by atoms with Crippen LogP contribution in [0.15, 0.2) is 59.2 Å². The van der Waals surface area contributed by atoms with Crippen LogP contribution in [0.5, 0.6) is 0 Å². The van der Waals surface area contributed by atoms with Crippen LogP contribution >= 0.6 is 11.6 Å². The fraction of sp³-hybridized carbons (Fsp3) is 0.273. The number of aryl methyl sites for hydroxylation is 1. The molecule has 26 heavy (non-hydrogen) atoms. The molecular weight excluding hydrogens is 344 g/mol. The molecule has 0 saturated heterocycles. The van der Waals surface area contributed by atoms with Crippen LogP contribution in [0.3, 0.4) is 0 Å². The maximum atomic E-state index is 12.2. The van der Waals surface area contributed by atoms with E-state index in [-0.39, 0.29) is 11.3 Å². The summed E-state index contributed by atoms with van der Waals surface area (Å²) in [5.74, 6) is -0.143. The van der Waals surface area contributed by atoms with Gasteiger partial charge in [-0.15, -0.1) is 0 Å². The minimum Gasteiger partial charge on any atom is -0.267 e. The molecule has 0 atom stereocenters. The average molecular weight is 367 g/mol. The van der Waals surface area contributed by atoms with Crippen LogP contribution in [0.1, 0.15) is 43.9 Å². The smallest absolute Gasteiger partial charge is 0.267 e. The highest BCUT2D eigenvalue weighted by atomic mass is 35.5. The van der Waals surface area contributed by atoms with Crippen LogP contribution < -0.4 is 5.43 Å². The zero-order valence-electron chi connectivity index (χ0n) is 15.3. The van der Waals surface area contributed by atoms with Crippen LogP contribution in [0.4, 0.5) is 0 Å². The van der Waals surface area contributed by atoms with Crippen molar-refractivity contribution in [3.05, 3.63) is 75.8 Å². The standard InChI is InChI=1S/C22H23ClN2O/c1-22(2,3)17-9-4-16(5-10-17)14-19-20(24-25-21(19)26)13-8-15-6-11-18(23)12-7-15/h4-7,9-12,14H,8,13H2,1-3H3,(H,25,26)/b19-14+. The first kappa shape index (κ1) is 18.4. The molecule has 1 heterocycles. The lowest BCUT2D eigenvalue weighted by molar-refractivity contribution is -0.116. The highest BCUT2D eigenvalue weighted by Gasteiger charge is 2.22. The van der Waals surface area contributed by atoms with Gasteiger partial charge in [-0.1, -0.05) is 68.8 Å². The van der Waals surface area contributed by atoms with Gasteiger partial charge in [-0.3, -0.25) is 4.79 Å². The maximum absolute atomic E-state index is 12.2. The minimum absolute atomic E-state index is 0.113. The van der Waals surface area contributed by atoms with E-state index in [0.29, 0.717) is 12.0 Å². The average Bonchev–Trinajstić information content (AvgIpc) is 2.94. The highest BCUT2D eigenvalue weighted by molar-refractivity contribution is 6.30. The number of amides is 1. The second-order valence-corrected chi connectivity index (χ2v) is 7.99. The first-order chi connectivity index (χ1) is 12.3. The summed E-state index contributed by atoms with van der Waals surface area (Å²) in [4.78, 5) is 12.2. The van der Waals surface area contributed by atoms with Crippen molar-refractivity contribution in [2.45, 2.75) is 39.0 Å². The number of carbonyl (C=O) groups excluding carboxylic acids is 1. The minimum atomic E-state index is -0.143. The molecule has 4 heteroatoms. The number of hydrogen-bond acceptors (Lipinski definition) is 2. The second kappa shape index (κ2) is 7.46. The zero-order chi connectivity index (χ0) is 18.7. The SMILES string of the molecule is CC(C)(C)c1ccc(/C=C2/C(=O)NN=C2CCc2ccc(Cl)cc2)cc1. The lowest BCUT2D eigenvalue weighted by Gasteiger charge is -2.18. The number of rotatable bonds is 4. The van der Waals surface area contributed by atoms with E-state index in [4.69, 9.17) is 11.6 Å². The van der Waals surface area contributed by atoms with Crippen LogP contribution in [-0.2, 0) is 16.6 Å². The Morgan fingerprint density at radius 2 is 1.65 bits per heavy atom. The number of nitrogens with one attached hydrogen (secondary N) is 1. The fourth-order valence-electron chi connectivity index (χ4n) is 2.87. The normalized spacial score (nSPS) is 15.9. The molecule has 2 aromatic carbocycles. The van der Waals surface area contributed by atoms with Gasteiger partial charge in [-0.05, 0) is 53.2 Å². The molecule has 0 aromatic heterocycles. The van der Waals surface area contributed by atoms with Crippen molar-refractivity contribution in [1.29, 1.82) is 0 Å². The molecule has 1 amide bonds. The van der Waals surface area contributed by atoms with Gasteiger partial charge in [0.25, 0.3) is 5.91 Å².